The Kier molecular flexibility index (Phi) is 2.95. The Bertz CT molecular complexity index is 770. The van der Waals surface area contributed by atoms with Crippen molar-refractivity contribution in [2.24, 2.45) is 0 Å². The van der Waals surface area contributed by atoms with Gasteiger partial charge in [0.15, 0.2) is 5.82 Å². The van der Waals surface area contributed by atoms with Gasteiger partial charge >= 0.3 is 0 Å². The normalized spacial score (nSPS) is 20.6. The zero-order valence-corrected chi connectivity index (χ0v) is 13.2. The van der Waals surface area contributed by atoms with Crippen molar-refractivity contribution in [1.29, 1.82) is 0 Å². The fourth-order valence-electron chi connectivity index (χ4n) is 2.39. The SMILES string of the molecule is Cc1ccc(S(=O)(=O)N2CC(c3nc(C4CC4)no3)C2)s1. The molecule has 4 rings (SSSR count). The van der Waals surface area contributed by atoms with Crippen molar-refractivity contribution >= 4 is 21.4 Å². The van der Waals surface area contributed by atoms with Crippen molar-refractivity contribution in [2.75, 3.05) is 13.1 Å². The van der Waals surface area contributed by atoms with E-state index in [0.717, 1.165) is 23.5 Å². The van der Waals surface area contributed by atoms with Gasteiger partial charge in [-0.05, 0) is 31.9 Å². The summed E-state index contributed by atoms with van der Waals surface area (Å²) in [5.74, 6) is 1.84. The quantitative estimate of drug-likeness (QED) is 0.860. The molecule has 1 saturated carbocycles. The summed E-state index contributed by atoms with van der Waals surface area (Å²) in [5.41, 5.74) is 0. The van der Waals surface area contributed by atoms with Crippen LogP contribution in [0.4, 0.5) is 0 Å². The lowest BCUT2D eigenvalue weighted by molar-refractivity contribution is 0.217. The molecule has 0 aromatic carbocycles. The van der Waals surface area contributed by atoms with Gasteiger partial charge in [-0.15, -0.1) is 11.3 Å². The number of aryl methyl sites for hydroxylation is 1. The highest BCUT2D eigenvalue weighted by Gasteiger charge is 2.41. The number of rotatable bonds is 4. The zero-order chi connectivity index (χ0) is 14.6. The van der Waals surface area contributed by atoms with Crippen LogP contribution in [0.25, 0.3) is 0 Å². The molecular weight excluding hydrogens is 310 g/mol. The van der Waals surface area contributed by atoms with Gasteiger partial charge in [0.2, 0.25) is 5.89 Å². The summed E-state index contributed by atoms with van der Waals surface area (Å²) in [4.78, 5) is 5.39. The average Bonchev–Trinajstić information content (AvgIpc) is 2.95. The highest BCUT2D eigenvalue weighted by atomic mass is 32.2. The Morgan fingerprint density at radius 3 is 2.67 bits per heavy atom. The number of thiophene rings is 1. The second-order valence-corrected chi connectivity index (χ2v) is 9.10. The lowest BCUT2D eigenvalue weighted by Gasteiger charge is -2.35. The average molecular weight is 325 g/mol. The van der Waals surface area contributed by atoms with E-state index in [2.05, 4.69) is 10.1 Å². The van der Waals surface area contributed by atoms with Crippen molar-refractivity contribution in [2.45, 2.75) is 35.8 Å². The van der Waals surface area contributed by atoms with Crippen LogP contribution in [-0.4, -0.2) is 36.0 Å². The number of hydrogen-bond donors (Lipinski definition) is 0. The van der Waals surface area contributed by atoms with Crippen LogP contribution in [0.1, 0.15) is 41.3 Å². The molecule has 21 heavy (non-hydrogen) atoms. The number of aromatic nitrogens is 2. The number of sulfonamides is 1. The maximum atomic E-state index is 12.4. The first kappa shape index (κ1) is 13.4. The molecule has 0 bridgehead atoms. The third-order valence-electron chi connectivity index (χ3n) is 3.91. The second-order valence-electron chi connectivity index (χ2n) is 5.65. The van der Waals surface area contributed by atoms with Crippen LogP contribution in [0.15, 0.2) is 20.9 Å². The van der Waals surface area contributed by atoms with Crippen LogP contribution in [0.3, 0.4) is 0 Å². The van der Waals surface area contributed by atoms with Crippen LogP contribution >= 0.6 is 11.3 Å². The Morgan fingerprint density at radius 2 is 2.05 bits per heavy atom. The van der Waals surface area contributed by atoms with Gasteiger partial charge in [-0.2, -0.15) is 9.29 Å². The van der Waals surface area contributed by atoms with E-state index >= 15 is 0 Å². The van der Waals surface area contributed by atoms with Crippen molar-refractivity contribution < 1.29 is 12.9 Å². The largest absolute Gasteiger partial charge is 0.339 e. The van der Waals surface area contributed by atoms with Gasteiger partial charge in [0, 0.05) is 23.9 Å². The van der Waals surface area contributed by atoms with Crippen molar-refractivity contribution in [3.05, 3.63) is 28.7 Å². The fourth-order valence-corrected chi connectivity index (χ4v) is 5.36. The molecule has 1 saturated heterocycles. The topological polar surface area (TPSA) is 76.3 Å². The zero-order valence-electron chi connectivity index (χ0n) is 11.5. The smallest absolute Gasteiger partial charge is 0.252 e. The highest BCUT2D eigenvalue weighted by Crippen LogP contribution is 2.39. The molecule has 2 aromatic heterocycles. The van der Waals surface area contributed by atoms with Crippen molar-refractivity contribution in [3.8, 4) is 0 Å². The molecule has 1 aliphatic heterocycles. The van der Waals surface area contributed by atoms with Gasteiger partial charge in [0.1, 0.15) is 4.21 Å². The summed E-state index contributed by atoms with van der Waals surface area (Å²) in [7, 11) is -3.36. The summed E-state index contributed by atoms with van der Waals surface area (Å²) in [6, 6.07) is 3.50. The third-order valence-corrected chi connectivity index (χ3v) is 7.21. The van der Waals surface area contributed by atoms with Crippen LogP contribution < -0.4 is 0 Å². The van der Waals surface area contributed by atoms with Gasteiger partial charge in [0.25, 0.3) is 10.0 Å². The second kappa shape index (κ2) is 4.62. The first-order valence-corrected chi connectivity index (χ1v) is 9.20. The lowest BCUT2D eigenvalue weighted by Crippen LogP contribution is -2.48. The minimum atomic E-state index is -3.36. The van der Waals surface area contributed by atoms with Gasteiger partial charge in [-0.1, -0.05) is 5.16 Å². The summed E-state index contributed by atoms with van der Waals surface area (Å²) in [6.45, 7) is 2.75. The highest BCUT2D eigenvalue weighted by molar-refractivity contribution is 7.91. The molecule has 2 aromatic rings. The molecule has 0 N–H and O–H groups in total. The summed E-state index contributed by atoms with van der Waals surface area (Å²) < 4.78 is 31.9. The van der Waals surface area contributed by atoms with Gasteiger partial charge in [-0.3, -0.25) is 0 Å². The first-order chi connectivity index (χ1) is 10.0. The summed E-state index contributed by atoms with van der Waals surface area (Å²) in [5, 5.41) is 3.98. The maximum absolute atomic E-state index is 12.4. The van der Waals surface area contributed by atoms with E-state index in [9.17, 15) is 8.42 Å². The van der Waals surface area contributed by atoms with Crippen LogP contribution in [-0.2, 0) is 10.0 Å². The van der Waals surface area contributed by atoms with Gasteiger partial charge < -0.3 is 4.52 Å². The van der Waals surface area contributed by atoms with E-state index in [1.165, 1.54) is 15.6 Å². The Labute approximate surface area is 126 Å². The molecular formula is C13H15N3O3S2. The summed E-state index contributed by atoms with van der Waals surface area (Å²) in [6.07, 6.45) is 2.25. The predicted molar refractivity (Wildman–Crippen MR) is 76.8 cm³/mol. The fraction of sp³-hybridized carbons (Fsp3) is 0.538. The minimum Gasteiger partial charge on any atom is -0.339 e. The number of hydrogen-bond acceptors (Lipinski definition) is 6. The van der Waals surface area contributed by atoms with Crippen molar-refractivity contribution in [3.63, 3.8) is 0 Å². The van der Waals surface area contributed by atoms with E-state index in [-0.39, 0.29) is 5.92 Å². The Morgan fingerprint density at radius 1 is 1.29 bits per heavy atom. The molecule has 0 atom stereocenters. The van der Waals surface area contributed by atoms with Crippen molar-refractivity contribution in [1.82, 2.24) is 14.4 Å². The van der Waals surface area contributed by atoms with E-state index in [1.807, 2.05) is 13.0 Å². The molecule has 3 heterocycles. The Hall–Kier alpha value is -1.25. The van der Waals surface area contributed by atoms with E-state index < -0.39 is 10.0 Å². The van der Waals surface area contributed by atoms with E-state index in [0.29, 0.717) is 29.1 Å². The van der Waals surface area contributed by atoms with E-state index in [1.54, 1.807) is 6.07 Å². The molecule has 112 valence electrons. The van der Waals surface area contributed by atoms with E-state index in [4.69, 9.17) is 4.52 Å². The van der Waals surface area contributed by atoms with Crippen LogP contribution in [0.2, 0.25) is 0 Å². The molecule has 2 aliphatic rings. The maximum Gasteiger partial charge on any atom is 0.252 e. The molecule has 0 unspecified atom stereocenters. The molecule has 1 aliphatic carbocycles. The van der Waals surface area contributed by atoms with Gasteiger partial charge in [0.05, 0.1) is 5.92 Å². The van der Waals surface area contributed by atoms with Gasteiger partial charge in [-0.25, -0.2) is 8.42 Å². The molecule has 0 radical (unpaired) electrons. The molecule has 0 spiro atoms. The summed E-state index contributed by atoms with van der Waals surface area (Å²) >= 11 is 1.30. The molecule has 8 heteroatoms. The lowest BCUT2D eigenvalue weighted by atomic mass is 10.0. The minimum absolute atomic E-state index is 0.0286. The molecule has 2 fully saturated rings. The predicted octanol–water partition coefficient (Wildman–Crippen LogP) is 2.11. The molecule has 0 amide bonds. The van der Waals surface area contributed by atoms with Crippen LogP contribution in [0, 0.1) is 6.92 Å². The monoisotopic (exact) mass is 325 g/mol. The standard InChI is InChI=1S/C13H15N3O3S2/c1-8-2-5-11(20-8)21(17,18)16-6-10(7-16)13-14-12(15-19-13)9-3-4-9/h2,5,9-10H,3-4,6-7H2,1H3. The van der Waals surface area contributed by atoms with Crippen LogP contribution in [0.5, 0.6) is 0 Å². The Balaban J connectivity index is 1.46. The first-order valence-electron chi connectivity index (χ1n) is 6.94. The third kappa shape index (κ3) is 2.31. The molecule has 6 nitrogen and oxygen atoms in total. The number of nitrogens with zero attached hydrogens (tertiary/aromatic N) is 3.